The first kappa shape index (κ1) is 14.5. The molecule has 0 unspecified atom stereocenters. The standard InChI is InChI=1S/C16H16BrFN2O/c17-13-6-11(7-19-9-13)10-21-16-12(2-1-3-15(16)18)8-20-14-4-5-14/h1-3,6-7,9,14,20H,4-5,8,10H2. The summed E-state index contributed by atoms with van der Waals surface area (Å²) >= 11 is 3.36. The molecule has 1 saturated carbocycles. The average molecular weight is 351 g/mol. The summed E-state index contributed by atoms with van der Waals surface area (Å²) < 4.78 is 20.6. The zero-order valence-electron chi connectivity index (χ0n) is 11.5. The van der Waals surface area contributed by atoms with Crippen molar-refractivity contribution in [2.45, 2.75) is 32.0 Å². The highest BCUT2D eigenvalue weighted by atomic mass is 79.9. The van der Waals surface area contributed by atoms with E-state index in [1.165, 1.54) is 18.9 Å². The maximum absolute atomic E-state index is 14.0. The molecular formula is C16H16BrFN2O. The summed E-state index contributed by atoms with van der Waals surface area (Å²) in [4.78, 5) is 4.08. The third-order valence-electron chi connectivity index (χ3n) is 3.35. The van der Waals surface area contributed by atoms with Crippen molar-refractivity contribution in [3.8, 4) is 5.75 Å². The van der Waals surface area contributed by atoms with Crippen LogP contribution in [-0.4, -0.2) is 11.0 Å². The topological polar surface area (TPSA) is 34.1 Å². The van der Waals surface area contributed by atoms with E-state index in [-0.39, 0.29) is 5.82 Å². The van der Waals surface area contributed by atoms with Gasteiger partial charge in [-0.2, -0.15) is 0 Å². The number of nitrogens with one attached hydrogen (secondary N) is 1. The smallest absolute Gasteiger partial charge is 0.165 e. The first-order valence-corrected chi connectivity index (χ1v) is 7.74. The molecule has 1 aliphatic rings. The summed E-state index contributed by atoms with van der Waals surface area (Å²) in [6.45, 7) is 0.929. The van der Waals surface area contributed by atoms with E-state index in [1.807, 2.05) is 12.1 Å². The molecule has 21 heavy (non-hydrogen) atoms. The van der Waals surface area contributed by atoms with Crippen molar-refractivity contribution in [1.29, 1.82) is 0 Å². The van der Waals surface area contributed by atoms with E-state index < -0.39 is 0 Å². The fraction of sp³-hybridized carbons (Fsp3) is 0.312. The van der Waals surface area contributed by atoms with Gasteiger partial charge in [-0.25, -0.2) is 4.39 Å². The van der Waals surface area contributed by atoms with Crippen molar-refractivity contribution >= 4 is 15.9 Å². The van der Waals surface area contributed by atoms with E-state index in [2.05, 4.69) is 26.2 Å². The lowest BCUT2D eigenvalue weighted by Gasteiger charge is -2.13. The number of aromatic nitrogens is 1. The predicted molar refractivity (Wildman–Crippen MR) is 82.5 cm³/mol. The lowest BCUT2D eigenvalue weighted by molar-refractivity contribution is 0.285. The molecule has 1 aliphatic carbocycles. The molecule has 1 N–H and O–H groups in total. The van der Waals surface area contributed by atoms with E-state index in [0.717, 1.165) is 15.6 Å². The molecule has 3 rings (SSSR count). The third-order valence-corrected chi connectivity index (χ3v) is 3.79. The van der Waals surface area contributed by atoms with Gasteiger partial charge in [0.1, 0.15) is 6.61 Å². The second kappa shape index (κ2) is 6.54. The van der Waals surface area contributed by atoms with Gasteiger partial charge in [0.25, 0.3) is 0 Å². The summed E-state index contributed by atoms with van der Waals surface area (Å²) in [5.74, 6) is -0.00122. The molecule has 0 bridgehead atoms. The fourth-order valence-electron chi connectivity index (χ4n) is 2.09. The quantitative estimate of drug-likeness (QED) is 0.859. The van der Waals surface area contributed by atoms with Crippen LogP contribution in [0.2, 0.25) is 0 Å². The van der Waals surface area contributed by atoms with Gasteiger partial charge in [0.2, 0.25) is 0 Å². The van der Waals surface area contributed by atoms with Gasteiger partial charge in [-0.1, -0.05) is 12.1 Å². The van der Waals surface area contributed by atoms with Gasteiger partial charge in [0.15, 0.2) is 11.6 Å². The number of ether oxygens (including phenoxy) is 1. The van der Waals surface area contributed by atoms with Crippen LogP contribution in [0, 0.1) is 5.82 Å². The lowest BCUT2D eigenvalue weighted by Crippen LogP contribution is -2.16. The van der Waals surface area contributed by atoms with Gasteiger partial charge in [-0.05, 0) is 40.9 Å². The van der Waals surface area contributed by atoms with Crippen LogP contribution in [0.4, 0.5) is 4.39 Å². The molecular weight excluding hydrogens is 335 g/mol. The molecule has 2 aromatic rings. The zero-order valence-corrected chi connectivity index (χ0v) is 13.1. The molecule has 0 radical (unpaired) electrons. The Labute approximate surface area is 131 Å². The van der Waals surface area contributed by atoms with Crippen LogP contribution in [-0.2, 0) is 13.2 Å². The van der Waals surface area contributed by atoms with E-state index in [9.17, 15) is 4.39 Å². The van der Waals surface area contributed by atoms with Crippen molar-refractivity contribution in [3.63, 3.8) is 0 Å². The predicted octanol–water partition coefficient (Wildman–Crippen LogP) is 3.81. The van der Waals surface area contributed by atoms with Gasteiger partial charge < -0.3 is 10.1 Å². The van der Waals surface area contributed by atoms with Crippen molar-refractivity contribution in [1.82, 2.24) is 10.3 Å². The number of hydrogen-bond acceptors (Lipinski definition) is 3. The molecule has 0 spiro atoms. The van der Waals surface area contributed by atoms with Crippen molar-refractivity contribution in [2.24, 2.45) is 0 Å². The monoisotopic (exact) mass is 350 g/mol. The molecule has 1 heterocycles. The number of nitrogens with zero attached hydrogens (tertiary/aromatic N) is 1. The Bertz CT molecular complexity index is 631. The van der Waals surface area contributed by atoms with Crippen molar-refractivity contribution in [2.75, 3.05) is 0 Å². The number of rotatable bonds is 6. The molecule has 5 heteroatoms. The first-order chi connectivity index (χ1) is 10.2. The molecule has 110 valence electrons. The minimum Gasteiger partial charge on any atom is -0.485 e. The maximum Gasteiger partial charge on any atom is 0.165 e. The SMILES string of the molecule is Fc1cccc(CNC2CC2)c1OCc1cncc(Br)c1. The van der Waals surface area contributed by atoms with Crippen LogP contribution in [0.25, 0.3) is 0 Å². The minimum atomic E-state index is -0.326. The Kier molecular flexibility index (Phi) is 4.51. The third kappa shape index (κ3) is 4.02. The average Bonchev–Trinajstić information content (AvgIpc) is 3.28. The molecule has 0 saturated heterocycles. The number of halogens is 2. The summed E-state index contributed by atoms with van der Waals surface area (Å²) in [5, 5.41) is 3.38. The van der Waals surface area contributed by atoms with E-state index >= 15 is 0 Å². The number of benzene rings is 1. The summed E-state index contributed by atoms with van der Waals surface area (Å²) in [6, 6.07) is 7.53. The van der Waals surface area contributed by atoms with Crippen LogP contribution < -0.4 is 10.1 Å². The highest BCUT2D eigenvalue weighted by Crippen LogP contribution is 2.26. The second-order valence-electron chi connectivity index (χ2n) is 5.18. The van der Waals surface area contributed by atoms with Crippen LogP contribution in [0.15, 0.2) is 41.1 Å². The summed E-state index contributed by atoms with van der Waals surface area (Å²) in [7, 11) is 0. The van der Waals surface area contributed by atoms with E-state index in [0.29, 0.717) is 24.9 Å². The van der Waals surface area contributed by atoms with Crippen LogP contribution >= 0.6 is 15.9 Å². The molecule has 1 fully saturated rings. The van der Waals surface area contributed by atoms with E-state index in [1.54, 1.807) is 18.5 Å². The van der Waals surface area contributed by atoms with E-state index in [4.69, 9.17) is 4.74 Å². The summed E-state index contributed by atoms with van der Waals surface area (Å²) in [6.07, 6.45) is 5.83. The van der Waals surface area contributed by atoms with Gasteiger partial charge in [0.05, 0.1) is 0 Å². The Morgan fingerprint density at radius 2 is 2.19 bits per heavy atom. The Hall–Kier alpha value is -1.46. The lowest BCUT2D eigenvalue weighted by atomic mass is 10.2. The van der Waals surface area contributed by atoms with Gasteiger partial charge in [0, 0.05) is 40.6 Å². The molecule has 1 aromatic heterocycles. The molecule has 3 nitrogen and oxygen atoms in total. The van der Waals surface area contributed by atoms with Gasteiger partial charge in [-0.15, -0.1) is 0 Å². The Balaban J connectivity index is 1.70. The van der Waals surface area contributed by atoms with Crippen LogP contribution in [0.1, 0.15) is 24.0 Å². The fourth-order valence-corrected chi connectivity index (χ4v) is 2.50. The Morgan fingerprint density at radius 1 is 1.33 bits per heavy atom. The Morgan fingerprint density at radius 3 is 2.95 bits per heavy atom. The summed E-state index contributed by atoms with van der Waals surface area (Å²) in [5.41, 5.74) is 1.75. The van der Waals surface area contributed by atoms with Gasteiger partial charge >= 0.3 is 0 Å². The highest BCUT2D eigenvalue weighted by Gasteiger charge is 2.21. The van der Waals surface area contributed by atoms with Crippen LogP contribution in [0.5, 0.6) is 5.75 Å². The number of para-hydroxylation sites is 1. The second-order valence-corrected chi connectivity index (χ2v) is 6.10. The normalized spacial score (nSPS) is 14.2. The van der Waals surface area contributed by atoms with Crippen LogP contribution in [0.3, 0.4) is 0 Å². The largest absolute Gasteiger partial charge is 0.485 e. The number of pyridine rings is 1. The molecule has 0 aliphatic heterocycles. The molecule has 1 aromatic carbocycles. The minimum absolute atomic E-state index is 0.295. The number of hydrogen-bond donors (Lipinski definition) is 1. The van der Waals surface area contributed by atoms with Gasteiger partial charge in [-0.3, -0.25) is 4.98 Å². The van der Waals surface area contributed by atoms with Crippen molar-refractivity contribution in [3.05, 3.63) is 58.1 Å². The first-order valence-electron chi connectivity index (χ1n) is 6.95. The highest BCUT2D eigenvalue weighted by molar-refractivity contribution is 9.10. The molecule has 0 atom stereocenters. The zero-order chi connectivity index (χ0) is 14.7. The maximum atomic E-state index is 14.0. The molecule has 0 amide bonds. The van der Waals surface area contributed by atoms with Crippen molar-refractivity contribution < 1.29 is 9.13 Å².